The molecule has 0 saturated carbocycles. The molecule has 4 rings (SSSR count). The Labute approximate surface area is 163 Å². The second kappa shape index (κ2) is 7.75. The Bertz CT molecular complexity index is 987. The number of nitrogens with zero attached hydrogens (tertiary/aromatic N) is 4. The number of fused-ring (bicyclic) bond motifs is 1. The highest BCUT2D eigenvalue weighted by Crippen LogP contribution is 2.30. The van der Waals surface area contributed by atoms with E-state index >= 15 is 0 Å². The number of para-hydroxylation sites is 1. The maximum Gasteiger partial charge on any atom is 0.409 e. The Kier molecular flexibility index (Phi) is 5.01. The molecule has 3 aromatic rings. The third-order valence-electron chi connectivity index (χ3n) is 5.05. The Morgan fingerprint density at radius 3 is 2.93 bits per heavy atom. The third kappa shape index (κ3) is 3.33. The van der Waals surface area contributed by atoms with Gasteiger partial charge in [0.05, 0.1) is 32.2 Å². The number of imidazole rings is 1. The van der Waals surface area contributed by atoms with E-state index in [1.54, 1.807) is 22.7 Å². The van der Waals surface area contributed by atoms with Crippen LogP contribution in [-0.4, -0.2) is 58.9 Å². The number of anilines is 1. The second-order valence-corrected chi connectivity index (χ2v) is 6.67. The minimum atomic E-state index is -0.277. The Morgan fingerprint density at radius 2 is 2.11 bits per heavy atom. The molecule has 1 fully saturated rings. The smallest absolute Gasteiger partial charge is 0.409 e. The predicted octanol–water partition coefficient (Wildman–Crippen LogP) is 3.05. The minimum absolute atomic E-state index is 0.0985. The summed E-state index contributed by atoms with van der Waals surface area (Å²) in [5.41, 5.74) is 2.53. The molecule has 2 aromatic heterocycles. The summed E-state index contributed by atoms with van der Waals surface area (Å²) < 4.78 is 12.1. The average molecular weight is 381 g/mol. The summed E-state index contributed by atoms with van der Waals surface area (Å²) >= 11 is 0. The van der Waals surface area contributed by atoms with E-state index in [0.29, 0.717) is 6.54 Å². The van der Waals surface area contributed by atoms with Crippen molar-refractivity contribution in [3.63, 3.8) is 0 Å². The molecule has 28 heavy (non-hydrogen) atoms. The first-order valence-electron chi connectivity index (χ1n) is 9.28. The first-order valence-corrected chi connectivity index (χ1v) is 9.28. The van der Waals surface area contributed by atoms with Gasteiger partial charge in [-0.25, -0.2) is 14.3 Å². The van der Waals surface area contributed by atoms with Gasteiger partial charge >= 0.3 is 6.09 Å². The molecule has 0 bridgehead atoms. The molecule has 1 aliphatic rings. The summed E-state index contributed by atoms with van der Waals surface area (Å²) in [6.07, 6.45) is 3.44. The van der Waals surface area contributed by atoms with Crippen molar-refractivity contribution < 1.29 is 14.3 Å². The summed E-state index contributed by atoms with van der Waals surface area (Å²) in [5, 5.41) is 8.04. The second-order valence-electron chi connectivity index (χ2n) is 6.67. The molecule has 1 unspecified atom stereocenters. The zero-order chi connectivity index (χ0) is 19.5. The van der Waals surface area contributed by atoms with Crippen LogP contribution in [0.5, 0.6) is 5.75 Å². The molecule has 0 spiro atoms. The molecule has 8 nitrogen and oxygen atoms in total. The molecule has 146 valence electrons. The molecular formula is C20H23N5O3. The summed E-state index contributed by atoms with van der Waals surface area (Å²) in [5.74, 6) is 1.49. The number of benzene rings is 1. The van der Waals surface area contributed by atoms with Crippen LogP contribution in [-0.2, 0) is 4.74 Å². The third-order valence-corrected chi connectivity index (χ3v) is 5.05. The minimum Gasteiger partial charge on any atom is -0.496 e. The topological polar surface area (TPSA) is 81.0 Å². The van der Waals surface area contributed by atoms with Gasteiger partial charge in [0.1, 0.15) is 11.6 Å². The highest BCUT2D eigenvalue weighted by atomic mass is 16.5. The van der Waals surface area contributed by atoms with Gasteiger partial charge in [0.25, 0.3) is 0 Å². The summed E-state index contributed by atoms with van der Waals surface area (Å²) in [7, 11) is 3.07. The van der Waals surface area contributed by atoms with E-state index in [1.165, 1.54) is 7.11 Å². The number of nitrogens with one attached hydrogen (secondary N) is 1. The van der Waals surface area contributed by atoms with Gasteiger partial charge in [-0.15, -0.1) is 5.10 Å². The summed E-state index contributed by atoms with van der Waals surface area (Å²) in [6, 6.07) is 11.7. The summed E-state index contributed by atoms with van der Waals surface area (Å²) in [4.78, 5) is 18.1. The van der Waals surface area contributed by atoms with Crippen LogP contribution < -0.4 is 10.1 Å². The van der Waals surface area contributed by atoms with Gasteiger partial charge < -0.3 is 19.7 Å². The molecule has 0 radical (unpaired) electrons. The fourth-order valence-corrected chi connectivity index (χ4v) is 3.64. The van der Waals surface area contributed by atoms with Crippen molar-refractivity contribution in [1.82, 2.24) is 19.5 Å². The lowest BCUT2D eigenvalue weighted by Gasteiger charge is -2.23. The largest absolute Gasteiger partial charge is 0.496 e. The van der Waals surface area contributed by atoms with Crippen molar-refractivity contribution in [2.75, 3.05) is 32.6 Å². The lowest BCUT2D eigenvalue weighted by atomic mass is 10.1. The fourth-order valence-electron chi connectivity index (χ4n) is 3.64. The number of hydrogen-bond donors (Lipinski definition) is 1. The van der Waals surface area contributed by atoms with Gasteiger partial charge in [0, 0.05) is 18.7 Å². The van der Waals surface area contributed by atoms with Crippen molar-refractivity contribution in [3.8, 4) is 17.0 Å². The standard InChI is InChI=1S/C20H23N5O3/c1-27-17-8-4-3-7-15(17)16-13-22-19-10-9-18(23-25(16)19)21-12-14-6-5-11-24(14)20(26)28-2/h3-4,7-10,13-14H,5-6,11-12H2,1-2H3,(H,21,23). The molecule has 1 aromatic carbocycles. The van der Waals surface area contributed by atoms with Crippen LogP contribution in [0.1, 0.15) is 12.8 Å². The lowest BCUT2D eigenvalue weighted by Crippen LogP contribution is -2.39. The molecule has 1 aliphatic heterocycles. The van der Waals surface area contributed by atoms with Crippen molar-refractivity contribution in [1.29, 1.82) is 0 Å². The normalized spacial score (nSPS) is 16.4. The number of rotatable bonds is 5. The van der Waals surface area contributed by atoms with E-state index in [2.05, 4.69) is 10.3 Å². The monoisotopic (exact) mass is 381 g/mol. The number of carbonyl (C=O) groups excluding carboxylic acids is 1. The van der Waals surface area contributed by atoms with Crippen LogP contribution in [0.4, 0.5) is 10.6 Å². The molecule has 1 N–H and O–H groups in total. The van der Waals surface area contributed by atoms with Gasteiger partial charge in [-0.3, -0.25) is 0 Å². The zero-order valence-corrected chi connectivity index (χ0v) is 16.0. The van der Waals surface area contributed by atoms with E-state index in [0.717, 1.165) is 47.9 Å². The number of likely N-dealkylation sites (tertiary alicyclic amines) is 1. The maximum absolute atomic E-state index is 11.9. The number of aromatic nitrogens is 3. The number of methoxy groups -OCH3 is 2. The van der Waals surface area contributed by atoms with E-state index < -0.39 is 0 Å². The van der Waals surface area contributed by atoms with Crippen LogP contribution in [0.15, 0.2) is 42.6 Å². The molecule has 1 amide bonds. The van der Waals surface area contributed by atoms with Gasteiger partial charge in [0.15, 0.2) is 5.65 Å². The van der Waals surface area contributed by atoms with E-state index in [-0.39, 0.29) is 12.1 Å². The van der Waals surface area contributed by atoms with Crippen molar-refractivity contribution in [3.05, 3.63) is 42.6 Å². The molecule has 1 atom stereocenters. The lowest BCUT2D eigenvalue weighted by molar-refractivity contribution is 0.120. The first-order chi connectivity index (χ1) is 13.7. The molecule has 1 saturated heterocycles. The van der Waals surface area contributed by atoms with Crippen molar-refractivity contribution in [2.45, 2.75) is 18.9 Å². The molecule has 3 heterocycles. The zero-order valence-electron chi connectivity index (χ0n) is 16.0. The van der Waals surface area contributed by atoms with Crippen molar-refractivity contribution in [2.24, 2.45) is 0 Å². The van der Waals surface area contributed by atoms with E-state index in [1.807, 2.05) is 36.4 Å². The van der Waals surface area contributed by atoms with Crippen LogP contribution >= 0.6 is 0 Å². The van der Waals surface area contributed by atoms with Gasteiger partial charge in [-0.2, -0.15) is 0 Å². The highest BCUT2D eigenvalue weighted by molar-refractivity contribution is 5.70. The van der Waals surface area contributed by atoms with Crippen LogP contribution in [0.3, 0.4) is 0 Å². The Morgan fingerprint density at radius 1 is 1.25 bits per heavy atom. The molecular weight excluding hydrogens is 358 g/mol. The molecule has 0 aliphatic carbocycles. The fraction of sp³-hybridized carbons (Fsp3) is 0.350. The van der Waals surface area contributed by atoms with Crippen LogP contribution in [0, 0.1) is 0 Å². The Hall–Kier alpha value is -3.29. The quantitative estimate of drug-likeness (QED) is 0.732. The average Bonchev–Trinajstić information content (AvgIpc) is 3.38. The Balaban J connectivity index is 1.57. The van der Waals surface area contributed by atoms with Crippen LogP contribution in [0.2, 0.25) is 0 Å². The maximum atomic E-state index is 11.9. The van der Waals surface area contributed by atoms with Crippen LogP contribution in [0.25, 0.3) is 16.9 Å². The van der Waals surface area contributed by atoms with Gasteiger partial charge in [0.2, 0.25) is 0 Å². The van der Waals surface area contributed by atoms with Gasteiger partial charge in [-0.05, 0) is 37.1 Å². The number of hydrogen-bond acceptors (Lipinski definition) is 6. The summed E-state index contributed by atoms with van der Waals surface area (Å²) in [6.45, 7) is 1.34. The number of amides is 1. The number of carbonyl (C=O) groups is 1. The molecule has 8 heteroatoms. The van der Waals surface area contributed by atoms with E-state index in [4.69, 9.17) is 14.6 Å². The van der Waals surface area contributed by atoms with Gasteiger partial charge in [-0.1, -0.05) is 12.1 Å². The van der Waals surface area contributed by atoms with Crippen molar-refractivity contribution >= 4 is 17.6 Å². The predicted molar refractivity (Wildman–Crippen MR) is 106 cm³/mol. The first kappa shape index (κ1) is 18.1. The van der Waals surface area contributed by atoms with E-state index in [9.17, 15) is 4.79 Å². The number of ether oxygens (including phenoxy) is 2. The highest BCUT2D eigenvalue weighted by Gasteiger charge is 2.29. The SMILES string of the molecule is COC(=O)N1CCCC1CNc1ccc2ncc(-c3ccccc3OC)n2n1.